The highest BCUT2D eigenvalue weighted by molar-refractivity contribution is 5.39. The average molecular weight is 291 g/mol. The molecule has 0 radical (unpaired) electrons. The molecule has 0 aliphatic rings. The first-order chi connectivity index (χ1) is 10.2. The van der Waals surface area contributed by atoms with Crippen LogP contribution >= 0.6 is 0 Å². The second-order valence-electron chi connectivity index (χ2n) is 4.77. The van der Waals surface area contributed by atoms with Gasteiger partial charge < -0.3 is 14.6 Å². The Morgan fingerprint density at radius 2 is 1.86 bits per heavy atom. The highest BCUT2D eigenvalue weighted by Crippen LogP contribution is 2.27. The van der Waals surface area contributed by atoms with Crippen LogP contribution in [0.5, 0.6) is 11.5 Å². The van der Waals surface area contributed by atoms with Crippen LogP contribution in [0.1, 0.15) is 30.8 Å². The lowest BCUT2D eigenvalue weighted by Gasteiger charge is -2.14. The van der Waals surface area contributed by atoms with Crippen molar-refractivity contribution in [3.8, 4) is 11.5 Å². The molecule has 2 rings (SSSR count). The van der Waals surface area contributed by atoms with Crippen LogP contribution in [0.4, 0.5) is 0 Å². The summed E-state index contributed by atoms with van der Waals surface area (Å²) in [4.78, 5) is 4.21. The van der Waals surface area contributed by atoms with Gasteiger partial charge in [-0.2, -0.15) is 5.10 Å². The molecule has 0 aliphatic heterocycles. The van der Waals surface area contributed by atoms with Crippen molar-refractivity contribution in [1.82, 2.24) is 14.8 Å². The smallest absolute Gasteiger partial charge is 0.138 e. The molecule has 6 heteroatoms. The summed E-state index contributed by atoms with van der Waals surface area (Å²) in [6.07, 6.45) is 2.20. The second-order valence-corrected chi connectivity index (χ2v) is 4.77. The van der Waals surface area contributed by atoms with Gasteiger partial charge in [-0.25, -0.2) is 4.98 Å². The number of aliphatic hydroxyl groups excluding tert-OH is 1. The van der Waals surface area contributed by atoms with Crippen molar-refractivity contribution in [1.29, 1.82) is 0 Å². The van der Waals surface area contributed by atoms with Crippen molar-refractivity contribution >= 4 is 0 Å². The number of aliphatic hydroxyl groups is 1. The lowest BCUT2D eigenvalue weighted by molar-refractivity contribution is 0.173. The molecule has 1 unspecified atom stereocenters. The predicted octanol–water partition coefficient (Wildman–Crippen LogP) is 1.98. The van der Waals surface area contributed by atoms with Crippen molar-refractivity contribution in [2.45, 2.75) is 32.4 Å². The van der Waals surface area contributed by atoms with Crippen molar-refractivity contribution in [3.05, 3.63) is 35.9 Å². The van der Waals surface area contributed by atoms with Gasteiger partial charge in [-0.05, 0) is 24.1 Å². The molecule has 0 bridgehead atoms. The fraction of sp³-hybridized carbons (Fsp3) is 0.467. The van der Waals surface area contributed by atoms with Crippen LogP contribution in [0.2, 0.25) is 0 Å². The van der Waals surface area contributed by atoms with Crippen molar-refractivity contribution < 1.29 is 14.6 Å². The third-order valence-electron chi connectivity index (χ3n) is 3.27. The fourth-order valence-electron chi connectivity index (χ4n) is 2.16. The van der Waals surface area contributed by atoms with Crippen LogP contribution in [0.25, 0.3) is 0 Å². The number of hydrogen-bond donors (Lipinski definition) is 1. The molecule has 1 atom stereocenters. The van der Waals surface area contributed by atoms with E-state index in [-0.39, 0.29) is 0 Å². The van der Waals surface area contributed by atoms with E-state index in [1.165, 1.54) is 6.33 Å². The van der Waals surface area contributed by atoms with Gasteiger partial charge in [0.1, 0.15) is 23.7 Å². The molecule has 1 aromatic carbocycles. The number of methoxy groups -OCH3 is 2. The summed E-state index contributed by atoms with van der Waals surface area (Å²) >= 11 is 0. The van der Waals surface area contributed by atoms with E-state index in [1.807, 2.05) is 4.68 Å². The van der Waals surface area contributed by atoms with Gasteiger partial charge in [0.15, 0.2) is 0 Å². The second kappa shape index (κ2) is 7.08. The summed E-state index contributed by atoms with van der Waals surface area (Å²) in [6.45, 7) is 2.87. The van der Waals surface area contributed by atoms with Gasteiger partial charge >= 0.3 is 0 Å². The van der Waals surface area contributed by atoms with E-state index in [0.717, 1.165) is 24.4 Å². The van der Waals surface area contributed by atoms with Crippen LogP contribution in [-0.4, -0.2) is 34.1 Å². The van der Waals surface area contributed by atoms with E-state index in [4.69, 9.17) is 9.47 Å². The maximum absolute atomic E-state index is 10.4. The van der Waals surface area contributed by atoms with E-state index in [2.05, 4.69) is 17.0 Å². The van der Waals surface area contributed by atoms with E-state index in [0.29, 0.717) is 17.9 Å². The third kappa shape index (κ3) is 3.72. The molecule has 0 aliphatic carbocycles. The van der Waals surface area contributed by atoms with Crippen molar-refractivity contribution in [3.63, 3.8) is 0 Å². The van der Waals surface area contributed by atoms with Crippen LogP contribution in [0.15, 0.2) is 24.5 Å². The maximum Gasteiger partial charge on any atom is 0.138 e. The number of benzene rings is 1. The highest BCUT2D eigenvalue weighted by Gasteiger charge is 2.15. The lowest BCUT2D eigenvalue weighted by atomic mass is 10.1. The third-order valence-corrected chi connectivity index (χ3v) is 3.27. The van der Waals surface area contributed by atoms with E-state index in [9.17, 15) is 5.11 Å². The predicted molar refractivity (Wildman–Crippen MR) is 78.5 cm³/mol. The van der Waals surface area contributed by atoms with Crippen LogP contribution in [0.3, 0.4) is 0 Å². The topological polar surface area (TPSA) is 69.4 Å². The van der Waals surface area contributed by atoms with Crippen molar-refractivity contribution in [2.24, 2.45) is 0 Å². The maximum atomic E-state index is 10.4. The molecule has 1 aromatic heterocycles. The molecule has 0 fully saturated rings. The minimum absolute atomic E-state index is 0.399. The summed E-state index contributed by atoms with van der Waals surface area (Å²) < 4.78 is 12.3. The van der Waals surface area contributed by atoms with Gasteiger partial charge in [0, 0.05) is 19.0 Å². The zero-order chi connectivity index (χ0) is 15.2. The summed E-state index contributed by atoms with van der Waals surface area (Å²) in [5, 5.41) is 14.6. The SMILES string of the molecule is CCCn1ncnc1CC(O)c1cc(OC)cc(OC)c1. The zero-order valence-corrected chi connectivity index (χ0v) is 12.6. The molecule has 2 aromatic rings. The summed E-state index contributed by atoms with van der Waals surface area (Å²) in [6, 6.07) is 5.37. The Morgan fingerprint density at radius 3 is 2.43 bits per heavy atom. The molecule has 0 spiro atoms. The van der Waals surface area contributed by atoms with Gasteiger partial charge in [0.05, 0.1) is 20.3 Å². The molecule has 0 saturated carbocycles. The Kier molecular flexibility index (Phi) is 5.16. The monoisotopic (exact) mass is 291 g/mol. The molecule has 1 heterocycles. The van der Waals surface area contributed by atoms with Gasteiger partial charge in [-0.15, -0.1) is 0 Å². The Bertz CT molecular complexity index is 561. The first-order valence-electron chi connectivity index (χ1n) is 6.95. The fourth-order valence-corrected chi connectivity index (χ4v) is 2.16. The largest absolute Gasteiger partial charge is 0.497 e. The first-order valence-corrected chi connectivity index (χ1v) is 6.95. The molecule has 0 saturated heterocycles. The minimum Gasteiger partial charge on any atom is -0.497 e. The van der Waals surface area contributed by atoms with Gasteiger partial charge in [0.25, 0.3) is 0 Å². The Morgan fingerprint density at radius 1 is 1.19 bits per heavy atom. The normalized spacial score (nSPS) is 12.2. The van der Waals surface area contributed by atoms with Gasteiger partial charge in [-0.3, -0.25) is 4.68 Å². The summed E-state index contributed by atoms with van der Waals surface area (Å²) in [5.41, 5.74) is 0.734. The summed E-state index contributed by atoms with van der Waals surface area (Å²) in [5.74, 6) is 2.07. The molecule has 1 N–H and O–H groups in total. The van der Waals surface area contributed by atoms with Crippen molar-refractivity contribution in [2.75, 3.05) is 14.2 Å². The number of aromatic nitrogens is 3. The number of ether oxygens (including phenoxy) is 2. The molecular formula is C15H21N3O3. The number of aryl methyl sites for hydroxylation is 1. The van der Waals surface area contributed by atoms with E-state index >= 15 is 0 Å². The molecular weight excluding hydrogens is 270 g/mol. The molecule has 6 nitrogen and oxygen atoms in total. The molecule has 0 amide bonds. The molecule has 114 valence electrons. The quantitative estimate of drug-likeness (QED) is 0.844. The average Bonchev–Trinajstić information content (AvgIpc) is 2.94. The van der Waals surface area contributed by atoms with Crippen LogP contribution in [0, 0.1) is 0 Å². The Balaban J connectivity index is 2.19. The number of rotatable bonds is 7. The zero-order valence-electron chi connectivity index (χ0n) is 12.6. The van der Waals surface area contributed by atoms with Crippen LogP contribution < -0.4 is 9.47 Å². The van der Waals surface area contributed by atoms with Crippen LogP contribution in [-0.2, 0) is 13.0 Å². The van der Waals surface area contributed by atoms with Gasteiger partial charge in [0.2, 0.25) is 0 Å². The number of nitrogens with zero attached hydrogens (tertiary/aromatic N) is 3. The highest BCUT2D eigenvalue weighted by atomic mass is 16.5. The first kappa shape index (κ1) is 15.3. The van der Waals surface area contributed by atoms with E-state index in [1.54, 1.807) is 32.4 Å². The Labute approximate surface area is 124 Å². The lowest BCUT2D eigenvalue weighted by Crippen LogP contribution is -2.10. The van der Waals surface area contributed by atoms with E-state index < -0.39 is 6.10 Å². The Hall–Kier alpha value is -2.08. The molecule has 21 heavy (non-hydrogen) atoms. The number of hydrogen-bond acceptors (Lipinski definition) is 5. The minimum atomic E-state index is -0.686. The summed E-state index contributed by atoms with van der Waals surface area (Å²) in [7, 11) is 3.17. The standard InChI is InChI=1S/C15H21N3O3/c1-4-5-18-15(16-10-17-18)9-14(19)11-6-12(20-2)8-13(7-11)21-3/h6-8,10,14,19H,4-5,9H2,1-3H3. The van der Waals surface area contributed by atoms with Gasteiger partial charge in [-0.1, -0.05) is 6.92 Å².